The van der Waals surface area contributed by atoms with Crippen molar-refractivity contribution in [2.75, 3.05) is 6.61 Å². The molecule has 1 aromatic carbocycles. The Bertz CT molecular complexity index is 705. The number of hydrogen-bond acceptors (Lipinski definition) is 4. The molecular weight excluding hydrogens is 288 g/mol. The van der Waals surface area contributed by atoms with Gasteiger partial charge in [-0.25, -0.2) is 9.98 Å². The summed E-state index contributed by atoms with van der Waals surface area (Å²) in [5.41, 5.74) is 2.18. The zero-order chi connectivity index (χ0) is 16.4. The van der Waals surface area contributed by atoms with Crippen LogP contribution >= 0.6 is 0 Å². The van der Waals surface area contributed by atoms with Crippen molar-refractivity contribution in [3.8, 4) is 0 Å². The molecule has 4 heteroatoms. The van der Waals surface area contributed by atoms with E-state index in [1.807, 2.05) is 69.3 Å². The fraction of sp³-hybridized carbons (Fsp3) is 0.368. The lowest BCUT2D eigenvalue weighted by Crippen LogP contribution is -2.20. The summed E-state index contributed by atoms with van der Waals surface area (Å²) in [5, 5.41) is 10.4. The maximum Gasteiger partial charge on any atom is 0.236 e. The highest BCUT2D eigenvalue weighted by molar-refractivity contribution is 5.93. The molecule has 1 N–H and O–H groups in total. The molecule has 0 spiro atoms. The molecule has 2 aromatic rings. The van der Waals surface area contributed by atoms with Crippen LogP contribution in [0, 0.1) is 5.41 Å². The van der Waals surface area contributed by atoms with E-state index in [0.717, 1.165) is 5.56 Å². The average Bonchev–Trinajstić information content (AvgIpc) is 3.04. The first-order valence-corrected chi connectivity index (χ1v) is 7.86. The van der Waals surface area contributed by atoms with E-state index in [4.69, 9.17) is 4.74 Å². The van der Waals surface area contributed by atoms with Gasteiger partial charge in [-0.3, -0.25) is 0 Å². The lowest BCUT2D eigenvalue weighted by atomic mass is 9.87. The summed E-state index contributed by atoms with van der Waals surface area (Å²) >= 11 is 0. The largest absolute Gasteiger partial charge is 0.474 e. The number of benzene rings is 1. The maximum absolute atomic E-state index is 10.4. The molecule has 1 aromatic heterocycles. The lowest BCUT2D eigenvalue weighted by Gasteiger charge is -2.25. The van der Waals surface area contributed by atoms with Crippen molar-refractivity contribution >= 4 is 5.90 Å². The number of aromatic nitrogens is 1. The van der Waals surface area contributed by atoms with Gasteiger partial charge in [-0.2, -0.15) is 0 Å². The van der Waals surface area contributed by atoms with Crippen LogP contribution in [0.15, 0.2) is 53.5 Å². The quantitative estimate of drug-likeness (QED) is 0.941. The highest BCUT2D eigenvalue weighted by Gasteiger charge is 2.27. The Kier molecular flexibility index (Phi) is 4.18. The first-order valence-electron chi connectivity index (χ1n) is 7.86. The van der Waals surface area contributed by atoms with Gasteiger partial charge in [0.1, 0.15) is 24.4 Å². The summed E-state index contributed by atoms with van der Waals surface area (Å²) in [6.45, 7) is 6.48. The molecule has 120 valence electrons. The lowest BCUT2D eigenvalue weighted by molar-refractivity contribution is 0.0588. The number of aliphatic hydroxyl groups excluding tert-OH is 1. The average molecular weight is 310 g/mol. The monoisotopic (exact) mass is 310 g/mol. The van der Waals surface area contributed by atoms with Crippen LogP contribution in [0.5, 0.6) is 0 Å². The van der Waals surface area contributed by atoms with Gasteiger partial charge in [0.15, 0.2) is 0 Å². The van der Waals surface area contributed by atoms with Crippen LogP contribution in [-0.4, -0.2) is 22.6 Å². The minimum atomic E-state index is -0.630. The minimum absolute atomic E-state index is 0.00388. The second kappa shape index (κ2) is 6.13. The molecular formula is C19H22N2O2. The molecule has 0 amide bonds. The zero-order valence-corrected chi connectivity index (χ0v) is 13.7. The number of aliphatic hydroxyl groups is 1. The van der Waals surface area contributed by atoms with Gasteiger partial charge < -0.3 is 9.84 Å². The van der Waals surface area contributed by atoms with E-state index in [-0.39, 0.29) is 11.5 Å². The van der Waals surface area contributed by atoms with Crippen LogP contribution in [0.1, 0.15) is 49.9 Å². The maximum atomic E-state index is 10.4. The molecule has 2 atom stereocenters. The fourth-order valence-electron chi connectivity index (χ4n) is 2.53. The molecule has 3 rings (SSSR count). The van der Waals surface area contributed by atoms with E-state index in [0.29, 0.717) is 23.9 Å². The van der Waals surface area contributed by atoms with Gasteiger partial charge in [0, 0.05) is 0 Å². The summed E-state index contributed by atoms with van der Waals surface area (Å²) in [5.74, 6) is 0.543. The van der Waals surface area contributed by atoms with Gasteiger partial charge in [-0.05, 0) is 23.1 Å². The van der Waals surface area contributed by atoms with E-state index >= 15 is 0 Å². The molecule has 1 aliphatic heterocycles. The van der Waals surface area contributed by atoms with Crippen LogP contribution in [0.4, 0.5) is 0 Å². The van der Waals surface area contributed by atoms with Gasteiger partial charge in [-0.15, -0.1) is 0 Å². The first-order chi connectivity index (χ1) is 10.9. The Morgan fingerprint density at radius 2 is 1.83 bits per heavy atom. The zero-order valence-electron chi connectivity index (χ0n) is 13.7. The van der Waals surface area contributed by atoms with E-state index in [9.17, 15) is 5.11 Å². The van der Waals surface area contributed by atoms with Gasteiger partial charge in [0.05, 0.1) is 5.69 Å². The number of rotatable bonds is 3. The third kappa shape index (κ3) is 3.42. The first kappa shape index (κ1) is 15.7. The Morgan fingerprint density at radius 3 is 2.52 bits per heavy atom. The Labute approximate surface area is 136 Å². The molecule has 0 saturated heterocycles. The summed E-state index contributed by atoms with van der Waals surface area (Å²) < 4.78 is 5.73. The van der Waals surface area contributed by atoms with Crippen LogP contribution in [0.2, 0.25) is 0 Å². The predicted octanol–water partition coefficient (Wildman–Crippen LogP) is 3.68. The number of nitrogens with zero attached hydrogens (tertiary/aromatic N) is 2. The van der Waals surface area contributed by atoms with E-state index < -0.39 is 6.10 Å². The fourth-order valence-corrected chi connectivity index (χ4v) is 2.53. The third-order valence-corrected chi connectivity index (χ3v) is 3.93. The van der Waals surface area contributed by atoms with E-state index in [2.05, 4.69) is 9.98 Å². The van der Waals surface area contributed by atoms with Crippen molar-refractivity contribution in [3.63, 3.8) is 0 Å². The molecule has 0 fully saturated rings. The molecule has 0 aliphatic carbocycles. The number of pyridine rings is 1. The van der Waals surface area contributed by atoms with Gasteiger partial charge in [0.2, 0.25) is 5.90 Å². The van der Waals surface area contributed by atoms with E-state index in [1.165, 1.54) is 0 Å². The van der Waals surface area contributed by atoms with Crippen molar-refractivity contribution in [1.29, 1.82) is 0 Å². The van der Waals surface area contributed by atoms with Crippen LogP contribution in [-0.2, 0) is 4.74 Å². The molecule has 0 bridgehead atoms. The number of aliphatic imine (C=N–C) groups is 1. The highest BCUT2D eigenvalue weighted by Crippen LogP contribution is 2.32. The summed E-state index contributed by atoms with van der Waals surface area (Å²) in [7, 11) is 0. The van der Waals surface area contributed by atoms with E-state index in [1.54, 1.807) is 0 Å². The van der Waals surface area contributed by atoms with Crippen LogP contribution in [0.25, 0.3) is 0 Å². The molecule has 0 unspecified atom stereocenters. The predicted molar refractivity (Wildman–Crippen MR) is 90.3 cm³/mol. The smallest absolute Gasteiger partial charge is 0.236 e. The van der Waals surface area contributed by atoms with Crippen molar-refractivity contribution in [2.45, 2.75) is 32.9 Å². The third-order valence-electron chi connectivity index (χ3n) is 3.93. The van der Waals surface area contributed by atoms with Crippen molar-refractivity contribution in [2.24, 2.45) is 10.4 Å². The van der Waals surface area contributed by atoms with Gasteiger partial charge in [-0.1, -0.05) is 57.2 Å². The van der Waals surface area contributed by atoms with Crippen molar-refractivity contribution < 1.29 is 9.84 Å². The van der Waals surface area contributed by atoms with Crippen molar-refractivity contribution in [1.82, 2.24) is 4.98 Å². The standard InChI is InChI=1S/C19H22N2O2/c1-19(2,3)17(22)14-10-7-11-15(20-14)18-21-16(12-23-18)13-8-5-4-6-9-13/h4-11,16-17,22H,12H2,1-3H3/t16-,17-/m0/s1. The van der Waals surface area contributed by atoms with Crippen LogP contribution in [0.3, 0.4) is 0 Å². The Morgan fingerprint density at radius 1 is 1.09 bits per heavy atom. The minimum Gasteiger partial charge on any atom is -0.474 e. The topological polar surface area (TPSA) is 54.7 Å². The SMILES string of the molecule is CC(C)(C)[C@@H](O)c1cccc(C2=N[C@H](c3ccccc3)CO2)n1. The molecule has 2 heterocycles. The number of hydrogen-bond donors (Lipinski definition) is 1. The molecule has 1 aliphatic rings. The molecule has 0 radical (unpaired) electrons. The highest BCUT2D eigenvalue weighted by atomic mass is 16.5. The second-order valence-corrected chi connectivity index (χ2v) is 6.89. The van der Waals surface area contributed by atoms with Crippen LogP contribution < -0.4 is 0 Å². The Hall–Kier alpha value is -2.20. The Balaban J connectivity index is 1.86. The van der Waals surface area contributed by atoms with Gasteiger partial charge in [0.25, 0.3) is 0 Å². The summed E-state index contributed by atoms with van der Waals surface area (Å²) in [4.78, 5) is 9.18. The normalized spacial score (nSPS) is 19.1. The molecule has 0 saturated carbocycles. The molecule has 4 nitrogen and oxygen atoms in total. The van der Waals surface area contributed by atoms with Gasteiger partial charge >= 0.3 is 0 Å². The molecule has 23 heavy (non-hydrogen) atoms. The summed E-state index contributed by atoms with van der Waals surface area (Å²) in [6, 6.07) is 15.7. The summed E-state index contributed by atoms with van der Waals surface area (Å²) in [6.07, 6.45) is -0.630. The van der Waals surface area contributed by atoms with Crippen molar-refractivity contribution in [3.05, 3.63) is 65.5 Å². The number of ether oxygens (including phenoxy) is 1. The second-order valence-electron chi connectivity index (χ2n) is 6.89.